The summed E-state index contributed by atoms with van der Waals surface area (Å²) in [7, 11) is 0. The van der Waals surface area contributed by atoms with Crippen molar-refractivity contribution in [3.05, 3.63) is 48.0 Å². The van der Waals surface area contributed by atoms with Gasteiger partial charge in [-0.25, -0.2) is 0 Å². The second-order valence-corrected chi connectivity index (χ2v) is 4.90. The minimum absolute atomic E-state index is 0.0831. The number of hydrogen-bond donors (Lipinski definition) is 1. The van der Waals surface area contributed by atoms with Crippen molar-refractivity contribution < 1.29 is 9.59 Å². The molecule has 1 atom stereocenters. The number of nitrogens with zero attached hydrogens (tertiary/aromatic N) is 2. The minimum atomic E-state index is -0.327. The molecule has 104 valence electrons. The second-order valence-electron chi connectivity index (χ2n) is 4.90. The third-order valence-corrected chi connectivity index (χ3v) is 3.52. The molecule has 1 heterocycles. The van der Waals surface area contributed by atoms with Crippen LogP contribution in [0.3, 0.4) is 0 Å². The predicted molar refractivity (Wildman–Crippen MR) is 77.4 cm³/mol. The normalized spacial score (nSPS) is 16.3. The Kier molecular flexibility index (Phi) is 3.28. The van der Waals surface area contributed by atoms with Crippen LogP contribution >= 0.6 is 0 Å². The number of benzene rings is 2. The van der Waals surface area contributed by atoms with E-state index in [1.54, 1.807) is 6.07 Å². The van der Waals surface area contributed by atoms with Gasteiger partial charge >= 0.3 is 0 Å². The molecule has 0 radical (unpaired) electrons. The maximum atomic E-state index is 12.2. The number of carbonyl (C=O) groups is 2. The van der Waals surface area contributed by atoms with Gasteiger partial charge in [0.15, 0.2) is 0 Å². The number of fused-ring (bicyclic) bond motifs is 1. The molecular formula is C16H13N3O2. The zero-order chi connectivity index (χ0) is 14.8. The van der Waals surface area contributed by atoms with Crippen molar-refractivity contribution >= 4 is 22.6 Å². The van der Waals surface area contributed by atoms with Gasteiger partial charge in [0.05, 0.1) is 19.2 Å². The lowest BCUT2D eigenvalue weighted by Crippen LogP contribution is -2.33. The first-order valence-electron chi connectivity index (χ1n) is 6.66. The van der Waals surface area contributed by atoms with Crippen molar-refractivity contribution in [2.75, 3.05) is 13.1 Å². The number of rotatable bonds is 3. The van der Waals surface area contributed by atoms with E-state index in [0.717, 1.165) is 10.8 Å². The summed E-state index contributed by atoms with van der Waals surface area (Å²) in [4.78, 5) is 25.4. The van der Waals surface area contributed by atoms with Gasteiger partial charge < -0.3 is 10.2 Å². The molecule has 2 aromatic rings. The van der Waals surface area contributed by atoms with Crippen LogP contribution in [-0.2, 0) is 4.79 Å². The SMILES string of the molecule is N#CC1CN1C(=O)CNC(=O)c1cccc2ccccc12. The quantitative estimate of drug-likeness (QED) is 0.861. The molecule has 1 unspecified atom stereocenters. The van der Waals surface area contributed by atoms with Crippen LogP contribution in [0.25, 0.3) is 10.8 Å². The molecule has 0 saturated carbocycles. The lowest BCUT2D eigenvalue weighted by molar-refractivity contribution is -0.124. The van der Waals surface area contributed by atoms with Crippen LogP contribution in [0.1, 0.15) is 10.4 Å². The van der Waals surface area contributed by atoms with Crippen molar-refractivity contribution in [1.82, 2.24) is 10.2 Å². The topological polar surface area (TPSA) is 73.0 Å². The Morgan fingerprint density at radius 3 is 2.76 bits per heavy atom. The monoisotopic (exact) mass is 279 g/mol. The van der Waals surface area contributed by atoms with Crippen LogP contribution in [0.4, 0.5) is 0 Å². The highest BCUT2D eigenvalue weighted by Gasteiger charge is 2.38. The summed E-state index contributed by atoms with van der Waals surface area (Å²) in [5.41, 5.74) is 0.545. The first-order valence-corrected chi connectivity index (χ1v) is 6.66. The smallest absolute Gasteiger partial charge is 0.252 e. The van der Waals surface area contributed by atoms with Crippen molar-refractivity contribution in [3.63, 3.8) is 0 Å². The standard InChI is InChI=1S/C16H13N3O2/c17-8-12-10-19(12)15(20)9-18-16(21)14-7-3-5-11-4-1-2-6-13(11)14/h1-7,12H,9-10H2,(H,18,21). The molecule has 1 fully saturated rings. The third kappa shape index (κ3) is 2.56. The fourth-order valence-corrected chi connectivity index (χ4v) is 2.30. The van der Waals surface area contributed by atoms with Gasteiger partial charge in [0.1, 0.15) is 6.04 Å². The van der Waals surface area contributed by atoms with E-state index in [2.05, 4.69) is 5.32 Å². The molecule has 21 heavy (non-hydrogen) atoms. The summed E-state index contributed by atoms with van der Waals surface area (Å²) in [6.07, 6.45) is 0. The van der Waals surface area contributed by atoms with E-state index in [9.17, 15) is 9.59 Å². The average Bonchev–Trinajstić information content (AvgIpc) is 3.31. The van der Waals surface area contributed by atoms with Crippen LogP contribution in [-0.4, -0.2) is 35.8 Å². The maximum absolute atomic E-state index is 12.2. The van der Waals surface area contributed by atoms with Crippen molar-refractivity contribution in [3.8, 4) is 6.07 Å². The van der Waals surface area contributed by atoms with Crippen LogP contribution in [0.15, 0.2) is 42.5 Å². The predicted octanol–water partition coefficient (Wildman–Crippen LogP) is 1.30. The van der Waals surface area contributed by atoms with Crippen LogP contribution in [0, 0.1) is 11.3 Å². The number of amides is 2. The number of carbonyl (C=O) groups excluding carboxylic acids is 2. The molecule has 0 bridgehead atoms. The van der Waals surface area contributed by atoms with E-state index < -0.39 is 0 Å². The second kappa shape index (κ2) is 5.25. The lowest BCUT2D eigenvalue weighted by Gasteiger charge is -2.08. The first kappa shape index (κ1) is 13.1. The van der Waals surface area contributed by atoms with Crippen LogP contribution < -0.4 is 5.32 Å². The Labute approximate surface area is 121 Å². The maximum Gasteiger partial charge on any atom is 0.252 e. The van der Waals surface area contributed by atoms with Gasteiger partial charge in [-0.3, -0.25) is 9.59 Å². The molecule has 2 aromatic carbocycles. The minimum Gasteiger partial charge on any atom is -0.343 e. The zero-order valence-electron chi connectivity index (χ0n) is 11.2. The molecule has 5 nitrogen and oxygen atoms in total. The van der Waals surface area contributed by atoms with Crippen molar-refractivity contribution in [2.45, 2.75) is 6.04 Å². The van der Waals surface area contributed by atoms with Gasteiger partial charge in [-0.2, -0.15) is 5.26 Å². The van der Waals surface area contributed by atoms with Gasteiger partial charge in [-0.15, -0.1) is 0 Å². The molecule has 1 saturated heterocycles. The van der Waals surface area contributed by atoms with Crippen molar-refractivity contribution in [1.29, 1.82) is 5.26 Å². The Hall–Kier alpha value is -2.87. The molecule has 1 N–H and O–H groups in total. The summed E-state index contributed by atoms with van der Waals surface area (Å²) in [6, 6.07) is 14.8. The molecule has 2 amide bonds. The van der Waals surface area contributed by atoms with Gasteiger partial charge in [0.25, 0.3) is 5.91 Å². The first-order chi connectivity index (χ1) is 10.2. The Morgan fingerprint density at radius 2 is 2.00 bits per heavy atom. The van der Waals surface area contributed by atoms with Crippen LogP contribution in [0.2, 0.25) is 0 Å². The lowest BCUT2D eigenvalue weighted by atomic mass is 10.0. The fraction of sp³-hybridized carbons (Fsp3) is 0.188. The van der Waals surface area contributed by atoms with Crippen LogP contribution in [0.5, 0.6) is 0 Å². The molecule has 5 heteroatoms. The summed E-state index contributed by atoms with van der Waals surface area (Å²) in [6.45, 7) is 0.375. The molecule has 1 aliphatic heterocycles. The molecule has 3 rings (SSSR count). The summed E-state index contributed by atoms with van der Waals surface area (Å²) < 4.78 is 0. The third-order valence-electron chi connectivity index (χ3n) is 3.52. The fourth-order valence-electron chi connectivity index (χ4n) is 2.30. The van der Waals surface area contributed by atoms with E-state index in [1.807, 2.05) is 42.5 Å². The van der Waals surface area contributed by atoms with Gasteiger partial charge in [0.2, 0.25) is 5.91 Å². The molecule has 0 aliphatic carbocycles. The summed E-state index contributed by atoms with van der Waals surface area (Å²) >= 11 is 0. The Bertz CT molecular complexity index is 758. The highest BCUT2D eigenvalue weighted by molar-refractivity contribution is 6.07. The molecule has 0 aromatic heterocycles. The van der Waals surface area contributed by atoms with E-state index in [1.165, 1.54) is 4.90 Å². The molecule has 0 spiro atoms. The van der Waals surface area contributed by atoms with E-state index >= 15 is 0 Å². The van der Waals surface area contributed by atoms with E-state index in [0.29, 0.717) is 12.1 Å². The highest BCUT2D eigenvalue weighted by atomic mass is 16.2. The summed E-state index contributed by atoms with van der Waals surface area (Å²) in [5, 5.41) is 13.1. The zero-order valence-corrected chi connectivity index (χ0v) is 11.2. The van der Waals surface area contributed by atoms with E-state index in [4.69, 9.17) is 5.26 Å². The van der Waals surface area contributed by atoms with E-state index in [-0.39, 0.29) is 24.4 Å². The van der Waals surface area contributed by atoms with Gasteiger partial charge in [-0.05, 0) is 16.8 Å². The highest BCUT2D eigenvalue weighted by Crippen LogP contribution is 2.18. The molecular weight excluding hydrogens is 266 g/mol. The Balaban J connectivity index is 1.70. The number of nitrogens with one attached hydrogen (secondary N) is 1. The summed E-state index contributed by atoms with van der Waals surface area (Å²) in [5.74, 6) is -0.509. The van der Waals surface area contributed by atoms with Crippen molar-refractivity contribution in [2.24, 2.45) is 0 Å². The largest absolute Gasteiger partial charge is 0.343 e. The number of nitriles is 1. The average molecular weight is 279 g/mol. The number of hydrogen-bond acceptors (Lipinski definition) is 3. The van der Waals surface area contributed by atoms with Gasteiger partial charge in [-0.1, -0.05) is 36.4 Å². The molecule has 1 aliphatic rings. The van der Waals surface area contributed by atoms with Gasteiger partial charge in [0, 0.05) is 5.56 Å². The Morgan fingerprint density at radius 1 is 1.24 bits per heavy atom.